The van der Waals surface area contributed by atoms with Crippen molar-refractivity contribution in [1.29, 1.82) is 0 Å². The minimum Gasteiger partial charge on any atom is -0.353 e. The molecule has 0 radical (unpaired) electrons. The maximum atomic E-state index is 12.9. The van der Waals surface area contributed by atoms with Crippen LogP contribution < -0.4 is 4.90 Å². The van der Waals surface area contributed by atoms with Crippen LogP contribution in [0.25, 0.3) is 27.9 Å². The number of fused-ring (bicyclic) bond motifs is 2. The summed E-state index contributed by atoms with van der Waals surface area (Å²) in [5.41, 5.74) is 4.39. The lowest BCUT2D eigenvalue weighted by molar-refractivity contribution is 0.0987. The first-order valence-corrected chi connectivity index (χ1v) is 9.29. The molecule has 4 heterocycles. The fourth-order valence-electron chi connectivity index (χ4n) is 3.27. The third kappa shape index (κ3) is 3.01. The molecule has 0 fully saturated rings. The fourth-order valence-corrected chi connectivity index (χ4v) is 3.38. The lowest BCUT2D eigenvalue weighted by Crippen LogP contribution is -2.27. The maximum Gasteiger partial charge on any atom is 0.278 e. The predicted octanol–water partition coefficient (Wildman–Crippen LogP) is 4.20. The molecule has 0 saturated carbocycles. The molecule has 7 nitrogen and oxygen atoms in total. The Hall–Kier alpha value is -3.71. The summed E-state index contributed by atoms with van der Waals surface area (Å²) in [7, 11) is 1.67. The molecule has 0 unspecified atom stereocenters. The van der Waals surface area contributed by atoms with Gasteiger partial charge in [-0.25, -0.2) is 15.0 Å². The highest BCUT2D eigenvalue weighted by molar-refractivity contribution is 6.29. The number of pyridine rings is 1. The number of H-pyrrole nitrogens is 1. The van der Waals surface area contributed by atoms with E-state index in [4.69, 9.17) is 11.6 Å². The number of hydrogen-bond acceptors (Lipinski definition) is 4. The van der Waals surface area contributed by atoms with Crippen molar-refractivity contribution in [2.45, 2.75) is 0 Å². The summed E-state index contributed by atoms with van der Waals surface area (Å²) in [6.07, 6.45) is 6.60. The number of aromatic nitrogens is 5. The number of halogens is 1. The molecule has 142 valence electrons. The Morgan fingerprint density at radius 2 is 1.93 bits per heavy atom. The van der Waals surface area contributed by atoms with E-state index in [2.05, 4.69) is 26.0 Å². The number of carbonyl (C=O) groups excluding carboxylic acids is 1. The van der Waals surface area contributed by atoms with Crippen LogP contribution in [0, 0.1) is 0 Å². The minimum atomic E-state index is -0.257. The number of hydrogen-bond donors (Lipinski definition) is 1. The lowest BCUT2D eigenvalue weighted by atomic mass is 10.2. The molecule has 1 aromatic carbocycles. The molecule has 4 aromatic heterocycles. The van der Waals surface area contributed by atoms with Crippen LogP contribution in [0.4, 0.5) is 5.69 Å². The Bertz CT molecular complexity index is 1320. The molecule has 0 aliphatic heterocycles. The zero-order chi connectivity index (χ0) is 20.0. The number of carbonyl (C=O) groups is 1. The van der Waals surface area contributed by atoms with Crippen molar-refractivity contribution < 1.29 is 4.79 Å². The van der Waals surface area contributed by atoms with E-state index in [1.165, 1.54) is 4.90 Å². The summed E-state index contributed by atoms with van der Waals surface area (Å²) in [4.78, 5) is 30.5. The Balaban J connectivity index is 1.55. The second-order valence-corrected chi connectivity index (χ2v) is 7.00. The molecule has 0 saturated heterocycles. The first-order chi connectivity index (χ1) is 14.1. The fraction of sp³-hybridized carbons (Fsp3) is 0.0476. The average molecular weight is 403 g/mol. The highest BCUT2D eigenvalue weighted by atomic mass is 35.5. The molecule has 5 rings (SSSR count). The quantitative estimate of drug-likeness (QED) is 0.458. The van der Waals surface area contributed by atoms with Crippen molar-refractivity contribution in [2.24, 2.45) is 0 Å². The molecule has 8 heteroatoms. The molecule has 29 heavy (non-hydrogen) atoms. The number of aromatic amines is 1. The number of rotatable bonds is 3. The Kier molecular flexibility index (Phi) is 4.03. The molecule has 0 aliphatic carbocycles. The van der Waals surface area contributed by atoms with Gasteiger partial charge in [-0.3, -0.25) is 9.20 Å². The zero-order valence-electron chi connectivity index (χ0n) is 15.4. The molecule has 0 atom stereocenters. The molecule has 0 spiro atoms. The van der Waals surface area contributed by atoms with Gasteiger partial charge in [0.15, 0.2) is 5.65 Å². The Labute approximate surface area is 170 Å². The summed E-state index contributed by atoms with van der Waals surface area (Å²) in [5, 5.41) is 1.48. The van der Waals surface area contributed by atoms with E-state index in [0.717, 1.165) is 22.3 Å². The second-order valence-electron chi connectivity index (χ2n) is 6.62. The molecular formula is C21H15ClN6O. The van der Waals surface area contributed by atoms with Gasteiger partial charge in [-0.05, 0) is 24.3 Å². The largest absolute Gasteiger partial charge is 0.353 e. The van der Waals surface area contributed by atoms with E-state index in [0.29, 0.717) is 22.2 Å². The van der Waals surface area contributed by atoms with Crippen molar-refractivity contribution >= 4 is 39.7 Å². The van der Waals surface area contributed by atoms with Crippen LogP contribution in [-0.4, -0.2) is 37.3 Å². The number of imidazole rings is 1. The Morgan fingerprint density at radius 3 is 2.72 bits per heavy atom. The summed E-state index contributed by atoms with van der Waals surface area (Å²) in [6.45, 7) is 0. The monoisotopic (exact) mass is 402 g/mol. The van der Waals surface area contributed by atoms with Crippen LogP contribution in [-0.2, 0) is 0 Å². The van der Waals surface area contributed by atoms with Crippen LogP contribution in [0.3, 0.4) is 0 Å². The third-order valence-corrected chi connectivity index (χ3v) is 5.05. The SMILES string of the molecule is CN(C(=O)c1cn2c(-c3cc4ccccc4[nH]3)cnc2cn1)c1ccc(Cl)nc1. The first kappa shape index (κ1) is 17.4. The van der Waals surface area contributed by atoms with Gasteiger partial charge in [0.2, 0.25) is 0 Å². The molecule has 0 bridgehead atoms. The number of nitrogens with one attached hydrogen (secondary N) is 1. The van der Waals surface area contributed by atoms with E-state index in [1.807, 2.05) is 28.7 Å². The zero-order valence-corrected chi connectivity index (χ0v) is 16.1. The summed E-state index contributed by atoms with van der Waals surface area (Å²) in [5.74, 6) is -0.257. The number of nitrogens with zero attached hydrogens (tertiary/aromatic N) is 5. The Morgan fingerprint density at radius 1 is 1.07 bits per heavy atom. The van der Waals surface area contributed by atoms with Gasteiger partial charge in [0.1, 0.15) is 10.8 Å². The van der Waals surface area contributed by atoms with Gasteiger partial charge in [-0.15, -0.1) is 0 Å². The second kappa shape index (κ2) is 6.72. The van der Waals surface area contributed by atoms with Gasteiger partial charge < -0.3 is 9.88 Å². The first-order valence-electron chi connectivity index (χ1n) is 8.91. The number of amides is 1. The van der Waals surface area contributed by atoms with Gasteiger partial charge in [0, 0.05) is 24.1 Å². The van der Waals surface area contributed by atoms with Crippen molar-refractivity contribution in [3.8, 4) is 11.4 Å². The van der Waals surface area contributed by atoms with Gasteiger partial charge in [-0.2, -0.15) is 0 Å². The van der Waals surface area contributed by atoms with Crippen LogP contribution in [0.2, 0.25) is 5.15 Å². The van der Waals surface area contributed by atoms with Crippen LogP contribution in [0.1, 0.15) is 10.5 Å². The van der Waals surface area contributed by atoms with Crippen molar-refractivity contribution in [2.75, 3.05) is 11.9 Å². The number of benzene rings is 1. The van der Waals surface area contributed by atoms with Crippen LogP contribution >= 0.6 is 11.6 Å². The minimum absolute atomic E-state index is 0.257. The number of para-hydroxylation sites is 1. The van der Waals surface area contributed by atoms with E-state index in [1.54, 1.807) is 44.0 Å². The van der Waals surface area contributed by atoms with Gasteiger partial charge in [-0.1, -0.05) is 29.8 Å². The number of anilines is 1. The van der Waals surface area contributed by atoms with Crippen molar-refractivity contribution in [3.63, 3.8) is 0 Å². The van der Waals surface area contributed by atoms with E-state index in [-0.39, 0.29) is 5.91 Å². The molecular weight excluding hydrogens is 388 g/mol. The van der Waals surface area contributed by atoms with Crippen molar-refractivity contribution in [1.82, 2.24) is 24.3 Å². The lowest BCUT2D eigenvalue weighted by Gasteiger charge is -2.16. The molecule has 0 aliphatic rings. The highest BCUT2D eigenvalue weighted by Crippen LogP contribution is 2.25. The summed E-state index contributed by atoms with van der Waals surface area (Å²) in [6, 6.07) is 13.5. The summed E-state index contributed by atoms with van der Waals surface area (Å²) < 4.78 is 1.86. The van der Waals surface area contributed by atoms with E-state index < -0.39 is 0 Å². The maximum absolute atomic E-state index is 12.9. The summed E-state index contributed by atoms with van der Waals surface area (Å²) >= 11 is 5.83. The standard InChI is InChI=1S/C21H15ClN6O/c1-27(14-6-7-19(22)24-9-14)21(29)17-12-28-18(10-25-20(28)11-23-17)16-8-13-4-2-3-5-15(13)26-16/h2-12,26H,1H3. The van der Waals surface area contributed by atoms with Crippen LogP contribution in [0.5, 0.6) is 0 Å². The highest BCUT2D eigenvalue weighted by Gasteiger charge is 2.18. The van der Waals surface area contributed by atoms with E-state index in [9.17, 15) is 4.79 Å². The third-order valence-electron chi connectivity index (χ3n) is 4.82. The van der Waals surface area contributed by atoms with Gasteiger partial charge in [0.25, 0.3) is 5.91 Å². The predicted molar refractivity (Wildman–Crippen MR) is 112 cm³/mol. The molecule has 5 aromatic rings. The smallest absolute Gasteiger partial charge is 0.278 e. The molecule has 1 N–H and O–H groups in total. The van der Waals surface area contributed by atoms with Gasteiger partial charge in [0.05, 0.1) is 35.7 Å². The molecule has 1 amide bonds. The van der Waals surface area contributed by atoms with Crippen molar-refractivity contribution in [3.05, 3.63) is 78.1 Å². The van der Waals surface area contributed by atoms with Gasteiger partial charge >= 0.3 is 0 Å². The topological polar surface area (TPSA) is 79.2 Å². The normalized spacial score (nSPS) is 11.2. The van der Waals surface area contributed by atoms with Crippen LogP contribution in [0.15, 0.2) is 67.3 Å². The average Bonchev–Trinajstić information content (AvgIpc) is 3.36. The van der Waals surface area contributed by atoms with E-state index >= 15 is 0 Å².